The molecule has 1 unspecified atom stereocenters. The number of carbonyl (C=O) groups excluding carboxylic acids is 1. The van der Waals surface area contributed by atoms with Gasteiger partial charge >= 0.3 is 0 Å². The number of aromatic nitrogens is 1. The predicted molar refractivity (Wildman–Crippen MR) is 71.9 cm³/mol. The zero-order valence-corrected chi connectivity index (χ0v) is 11.8. The van der Waals surface area contributed by atoms with Crippen LogP contribution >= 0.6 is 11.6 Å². The number of rotatable bonds is 6. The van der Waals surface area contributed by atoms with Gasteiger partial charge in [-0.15, -0.1) is 0 Å². The van der Waals surface area contributed by atoms with Gasteiger partial charge in [-0.1, -0.05) is 18.5 Å². The first-order valence-corrected chi connectivity index (χ1v) is 6.39. The summed E-state index contributed by atoms with van der Waals surface area (Å²) in [6.07, 6.45) is 2.44. The van der Waals surface area contributed by atoms with Crippen molar-refractivity contribution in [2.75, 3.05) is 20.3 Å². The number of nitrogens with zero attached hydrogens (tertiary/aromatic N) is 2. The van der Waals surface area contributed by atoms with Crippen LogP contribution in [0.15, 0.2) is 18.3 Å². The van der Waals surface area contributed by atoms with Crippen molar-refractivity contribution in [1.29, 1.82) is 0 Å². The first-order valence-electron chi connectivity index (χ1n) is 6.01. The molecular formula is C13H19ClN2O2. The fourth-order valence-corrected chi connectivity index (χ4v) is 1.81. The molecule has 1 aromatic heterocycles. The molecule has 4 nitrogen and oxygen atoms in total. The summed E-state index contributed by atoms with van der Waals surface area (Å²) in [5.74, 6) is -0.0364. The summed E-state index contributed by atoms with van der Waals surface area (Å²) in [4.78, 5) is 18.1. The van der Waals surface area contributed by atoms with Gasteiger partial charge in [-0.25, -0.2) is 4.98 Å². The van der Waals surface area contributed by atoms with E-state index in [-0.39, 0.29) is 11.9 Å². The van der Waals surface area contributed by atoms with E-state index >= 15 is 0 Å². The Morgan fingerprint density at radius 2 is 2.33 bits per heavy atom. The number of halogens is 1. The molecule has 100 valence electrons. The zero-order valence-electron chi connectivity index (χ0n) is 11.0. The second kappa shape index (κ2) is 7.34. The average molecular weight is 271 g/mol. The van der Waals surface area contributed by atoms with Gasteiger partial charge < -0.3 is 9.64 Å². The molecule has 0 saturated heterocycles. The lowest BCUT2D eigenvalue weighted by Crippen LogP contribution is -2.40. The lowest BCUT2D eigenvalue weighted by Gasteiger charge is -2.28. The van der Waals surface area contributed by atoms with E-state index in [2.05, 4.69) is 11.9 Å². The van der Waals surface area contributed by atoms with Crippen LogP contribution in [0.3, 0.4) is 0 Å². The molecule has 1 heterocycles. The third-order valence-electron chi connectivity index (χ3n) is 2.89. The van der Waals surface area contributed by atoms with Crippen LogP contribution in [0.1, 0.15) is 30.6 Å². The summed E-state index contributed by atoms with van der Waals surface area (Å²) >= 11 is 5.80. The largest absolute Gasteiger partial charge is 0.383 e. The van der Waals surface area contributed by atoms with Crippen LogP contribution in [0.5, 0.6) is 0 Å². The molecule has 0 aliphatic carbocycles. The molecule has 0 saturated carbocycles. The summed E-state index contributed by atoms with van der Waals surface area (Å²) in [7, 11) is 1.63. The van der Waals surface area contributed by atoms with E-state index in [1.54, 1.807) is 30.3 Å². The smallest absolute Gasteiger partial charge is 0.254 e. The van der Waals surface area contributed by atoms with Gasteiger partial charge in [-0.2, -0.15) is 0 Å². The molecule has 1 atom stereocenters. The maximum atomic E-state index is 12.4. The van der Waals surface area contributed by atoms with Crippen LogP contribution in [0, 0.1) is 0 Å². The van der Waals surface area contributed by atoms with E-state index in [0.29, 0.717) is 23.9 Å². The molecule has 0 radical (unpaired) electrons. The number of pyridine rings is 1. The number of carbonyl (C=O) groups is 1. The summed E-state index contributed by atoms with van der Waals surface area (Å²) in [6, 6.07) is 3.43. The van der Waals surface area contributed by atoms with Crippen molar-refractivity contribution in [3.05, 3.63) is 29.0 Å². The fourth-order valence-electron chi connectivity index (χ4n) is 1.63. The van der Waals surface area contributed by atoms with Crippen molar-refractivity contribution in [2.24, 2.45) is 0 Å². The number of hydrogen-bond donors (Lipinski definition) is 0. The highest BCUT2D eigenvalue weighted by Gasteiger charge is 2.20. The number of methoxy groups -OCH3 is 1. The lowest BCUT2D eigenvalue weighted by atomic mass is 10.1. The SMILES string of the molecule is CCC(C)N(CCOC)C(=O)c1ccnc(Cl)c1. The summed E-state index contributed by atoms with van der Waals surface area (Å²) < 4.78 is 5.04. The van der Waals surface area contributed by atoms with Crippen molar-refractivity contribution in [3.63, 3.8) is 0 Å². The first kappa shape index (κ1) is 14.9. The first-order chi connectivity index (χ1) is 8.60. The molecule has 0 bridgehead atoms. The molecule has 0 aromatic carbocycles. The number of ether oxygens (including phenoxy) is 1. The molecule has 0 fully saturated rings. The topological polar surface area (TPSA) is 42.4 Å². The maximum absolute atomic E-state index is 12.4. The number of hydrogen-bond acceptors (Lipinski definition) is 3. The number of amides is 1. The van der Waals surface area contributed by atoms with Gasteiger partial charge in [0.25, 0.3) is 5.91 Å². The van der Waals surface area contributed by atoms with Crippen LogP contribution in [0.2, 0.25) is 5.15 Å². The molecule has 5 heteroatoms. The Morgan fingerprint density at radius 1 is 1.61 bits per heavy atom. The Bertz CT molecular complexity index is 398. The maximum Gasteiger partial charge on any atom is 0.254 e. The molecule has 1 amide bonds. The minimum Gasteiger partial charge on any atom is -0.383 e. The predicted octanol–water partition coefficient (Wildman–Crippen LogP) is 2.62. The van der Waals surface area contributed by atoms with Gasteiger partial charge in [0, 0.05) is 31.5 Å². The molecule has 0 aliphatic rings. The highest BCUT2D eigenvalue weighted by atomic mass is 35.5. The molecule has 1 aromatic rings. The molecular weight excluding hydrogens is 252 g/mol. The highest BCUT2D eigenvalue weighted by molar-refractivity contribution is 6.29. The van der Waals surface area contributed by atoms with Gasteiger partial charge in [0.15, 0.2) is 0 Å². The third-order valence-corrected chi connectivity index (χ3v) is 3.10. The second-order valence-electron chi connectivity index (χ2n) is 4.12. The Kier molecular flexibility index (Phi) is 6.09. The summed E-state index contributed by atoms with van der Waals surface area (Å²) in [5.41, 5.74) is 0.561. The van der Waals surface area contributed by atoms with Crippen LogP contribution < -0.4 is 0 Å². The minimum absolute atomic E-state index is 0.0364. The van der Waals surface area contributed by atoms with E-state index in [1.807, 2.05) is 6.92 Å². The van der Waals surface area contributed by atoms with E-state index < -0.39 is 0 Å². The third kappa shape index (κ3) is 3.96. The molecule has 0 spiro atoms. The van der Waals surface area contributed by atoms with Gasteiger partial charge in [-0.3, -0.25) is 4.79 Å². The quantitative estimate of drug-likeness (QED) is 0.747. The Balaban J connectivity index is 2.87. The van der Waals surface area contributed by atoms with Gasteiger partial charge in [-0.05, 0) is 25.5 Å². The van der Waals surface area contributed by atoms with Crippen molar-refractivity contribution in [2.45, 2.75) is 26.3 Å². The van der Waals surface area contributed by atoms with Crippen molar-refractivity contribution < 1.29 is 9.53 Å². The van der Waals surface area contributed by atoms with Crippen molar-refractivity contribution in [3.8, 4) is 0 Å². The fraction of sp³-hybridized carbons (Fsp3) is 0.538. The van der Waals surface area contributed by atoms with Crippen molar-refractivity contribution in [1.82, 2.24) is 9.88 Å². The summed E-state index contributed by atoms with van der Waals surface area (Å²) in [5, 5.41) is 0.330. The van der Waals surface area contributed by atoms with E-state index in [0.717, 1.165) is 6.42 Å². The van der Waals surface area contributed by atoms with Crippen LogP contribution in [-0.4, -0.2) is 42.1 Å². The highest BCUT2D eigenvalue weighted by Crippen LogP contribution is 2.13. The van der Waals surface area contributed by atoms with Gasteiger partial charge in [0.1, 0.15) is 5.15 Å². The van der Waals surface area contributed by atoms with Gasteiger partial charge in [0.2, 0.25) is 0 Å². The normalized spacial score (nSPS) is 12.2. The standard InChI is InChI=1S/C13H19ClN2O2/c1-4-10(2)16(7-8-18-3)13(17)11-5-6-15-12(14)9-11/h5-6,9-10H,4,7-8H2,1-3H3. The van der Waals surface area contributed by atoms with Crippen LogP contribution in [0.4, 0.5) is 0 Å². The Morgan fingerprint density at radius 3 is 2.89 bits per heavy atom. The molecule has 0 aliphatic heterocycles. The minimum atomic E-state index is -0.0364. The monoisotopic (exact) mass is 270 g/mol. The Hall–Kier alpha value is -1.13. The molecule has 18 heavy (non-hydrogen) atoms. The van der Waals surface area contributed by atoms with E-state index in [4.69, 9.17) is 16.3 Å². The van der Waals surface area contributed by atoms with E-state index in [1.165, 1.54) is 0 Å². The van der Waals surface area contributed by atoms with E-state index in [9.17, 15) is 4.79 Å². The average Bonchev–Trinajstić information content (AvgIpc) is 2.38. The molecule has 1 rings (SSSR count). The molecule has 0 N–H and O–H groups in total. The van der Waals surface area contributed by atoms with Crippen molar-refractivity contribution >= 4 is 17.5 Å². The van der Waals surface area contributed by atoms with Crippen LogP contribution in [0.25, 0.3) is 0 Å². The second-order valence-corrected chi connectivity index (χ2v) is 4.50. The Labute approximate surface area is 113 Å². The zero-order chi connectivity index (χ0) is 13.5. The lowest BCUT2D eigenvalue weighted by molar-refractivity contribution is 0.0614. The van der Waals surface area contributed by atoms with Crippen LogP contribution in [-0.2, 0) is 4.74 Å². The summed E-state index contributed by atoms with van der Waals surface area (Å²) in [6.45, 7) is 5.17. The van der Waals surface area contributed by atoms with Gasteiger partial charge in [0.05, 0.1) is 6.61 Å².